The quantitative estimate of drug-likeness (QED) is 0.830. The number of rotatable bonds is 3. The minimum Gasteiger partial charge on any atom is -0.254 e. The van der Waals surface area contributed by atoms with Crippen molar-refractivity contribution in [1.29, 1.82) is 5.26 Å². The van der Waals surface area contributed by atoms with E-state index in [0.717, 1.165) is 16.3 Å². The second kappa shape index (κ2) is 6.81. The highest BCUT2D eigenvalue weighted by molar-refractivity contribution is 7.11. The van der Waals surface area contributed by atoms with E-state index in [2.05, 4.69) is 35.8 Å². The molecule has 4 nitrogen and oxygen atoms in total. The van der Waals surface area contributed by atoms with Crippen LogP contribution in [0.4, 0.5) is 0 Å². The third-order valence-corrected chi connectivity index (χ3v) is 5.18. The molecule has 23 heavy (non-hydrogen) atoms. The number of allylic oxidation sites excluding steroid dienone is 1. The standard InChI is InChI=1S/C17H17ClN4S/c1-10-15(11(2)22-21-10)7-13(8-19)17-20-16(9-23-17)12-3-5-14(18)6-4-12/h3-7,9-11,15,21-22H,1-2H3/b13-7+. The molecule has 2 unspecified atom stereocenters. The van der Waals surface area contributed by atoms with Crippen LogP contribution in [-0.4, -0.2) is 17.1 Å². The van der Waals surface area contributed by atoms with Gasteiger partial charge in [-0.3, -0.25) is 10.9 Å². The molecule has 2 aromatic rings. The summed E-state index contributed by atoms with van der Waals surface area (Å²) in [6, 6.07) is 10.4. The molecule has 2 atom stereocenters. The first-order chi connectivity index (χ1) is 11.1. The minimum absolute atomic E-state index is 0.257. The maximum absolute atomic E-state index is 9.52. The Morgan fingerprint density at radius 3 is 2.52 bits per heavy atom. The molecule has 0 radical (unpaired) electrons. The van der Waals surface area contributed by atoms with E-state index >= 15 is 0 Å². The van der Waals surface area contributed by atoms with Gasteiger partial charge in [-0.05, 0) is 26.0 Å². The van der Waals surface area contributed by atoms with Crippen molar-refractivity contribution in [3.05, 3.63) is 45.8 Å². The third kappa shape index (κ3) is 3.46. The molecule has 0 amide bonds. The summed E-state index contributed by atoms with van der Waals surface area (Å²) >= 11 is 7.41. The van der Waals surface area contributed by atoms with Crippen LogP contribution in [0, 0.1) is 17.2 Å². The number of aromatic nitrogens is 1. The van der Waals surface area contributed by atoms with Gasteiger partial charge in [0.1, 0.15) is 11.1 Å². The molecule has 2 N–H and O–H groups in total. The monoisotopic (exact) mass is 344 g/mol. The minimum atomic E-state index is 0.257. The molecular weight excluding hydrogens is 328 g/mol. The van der Waals surface area contributed by atoms with Gasteiger partial charge in [-0.1, -0.05) is 29.8 Å². The maximum Gasteiger partial charge on any atom is 0.134 e. The van der Waals surface area contributed by atoms with Gasteiger partial charge in [0.25, 0.3) is 0 Å². The van der Waals surface area contributed by atoms with Crippen LogP contribution in [0.25, 0.3) is 16.8 Å². The highest BCUT2D eigenvalue weighted by atomic mass is 35.5. The van der Waals surface area contributed by atoms with Crippen LogP contribution < -0.4 is 10.9 Å². The lowest BCUT2D eigenvalue weighted by Crippen LogP contribution is -2.30. The van der Waals surface area contributed by atoms with Crippen molar-refractivity contribution in [3.8, 4) is 17.3 Å². The van der Waals surface area contributed by atoms with Crippen molar-refractivity contribution < 1.29 is 0 Å². The van der Waals surface area contributed by atoms with Gasteiger partial charge in [0.2, 0.25) is 0 Å². The summed E-state index contributed by atoms with van der Waals surface area (Å²) in [5.41, 5.74) is 8.90. The zero-order chi connectivity index (χ0) is 16.4. The molecule has 1 aromatic heterocycles. The van der Waals surface area contributed by atoms with Crippen LogP contribution in [0.1, 0.15) is 18.9 Å². The van der Waals surface area contributed by atoms with E-state index in [-0.39, 0.29) is 18.0 Å². The van der Waals surface area contributed by atoms with Gasteiger partial charge in [0.05, 0.1) is 11.3 Å². The van der Waals surface area contributed by atoms with Crippen LogP contribution >= 0.6 is 22.9 Å². The third-order valence-electron chi connectivity index (χ3n) is 4.05. The van der Waals surface area contributed by atoms with Crippen LogP contribution in [0.5, 0.6) is 0 Å². The van der Waals surface area contributed by atoms with E-state index in [0.29, 0.717) is 10.6 Å². The highest BCUT2D eigenvalue weighted by Gasteiger charge is 2.28. The fourth-order valence-electron chi connectivity index (χ4n) is 2.68. The Kier molecular flexibility index (Phi) is 4.79. The number of thiazole rings is 1. The molecule has 0 saturated carbocycles. The second-order valence-corrected chi connectivity index (χ2v) is 6.97. The van der Waals surface area contributed by atoms with Crippen molar-refractivity contribution in [3.63, 3.8) is 0 Å². The molecule has 1 fully saturated rings. The Morgan fingerprint density at radius 1 is 1.26 bits per heavy atom. The van der Waals surface area contributed by atoms with Crippen LogP contribution in [0.2, 0.25) is 5.02 Å². The number of nitrogens with zero attached hydrogens (tertiary/aromatic N) is 2. The van der Waals surface area contributed by atoms with Crippen molar-refractivity contribution in [2.45, 2.75) is 25.9 Å². The normalized spacial score (nSPS) is 24.6. The van der Waals surface area contributed by atoms with Crippen molar-refractivity contribution in [2.24, 2.45) is 5.92 Å². The van der Waals surface area contributed by atoms with Crippen molar-refractivity contribution >= 4 is 28.5 Å². The number of nitrogens with one attached hydrogen (secondary N) is 2. The summed E-state index contributed by atoms with van der Waals surface area (Å²) in [4.78, 5) is 4.62. The van der Waals surface area contributed by atoms with Gasteiger partial charge in [0, 0.05) is 34.0 Å². The van der Waals surface area contributed by atoms with Gasteiger partial charge >= 0.3 is 0 Å². The zero-order valence-corrected chi connectivity index (χ0v) is 14.4. The Bertz CT molecular complexity index is 750. The summed E-state index contributed by atoms with van der Waals surface area (Å²) in [5, 5.41) is 12.9. The summed E-state index contributed by atoms with van der Waals surface area (Å²) in [6.07, 6.45) is 2.02. The van der Waals surface area contributed by atoms with E-state index in [1.165, 1.54) is 11.3 Å². The number of halogens is 1. The van der Waals surface area contributed by atoms with Gasteiger partial charge in [0.15, 0.2) is 0 Å². The molecule has 6 heteroatoms. The number of hydrogen-bond donors (Lipinski definition) is 2. The van der Waals surface area contributed by atoms with Gasteiger partial charge in [-0.25, -0.2) is 4.98 Å². The molecule has 0 aliphatic carbocycles. The Balaban J connectivity index is 1.88. The summed E-state index contributed by atoms with van der Waals surface area (Å²) in [7, 11) is 0. The maximum atomic E-state index is 9.52. The predicted octanol–water partition coefficient (Wildman–Crippen LogP) is 3.87. The molecule has 3 rings (SSSR count). The number of nitriles is 1. The Labute approximate surface area is 144 Å². The molecule has 1 aliphatic rings. The SMILES string of the molecule is CC1NNC(C)C1/C=C(\C#N)c1nc(-c2ccc(Cl)cc2)cs1. The number of hydrogen-bond acceptors (Lipinski definition) is 5. The summed E-state index contributed by atoms with van der Waals surface area (Å²) in [5.74, 6) is 0.257. The van der Waals surface area contributed by atoms with Gasteiger partial charge < -0.3 is 0 Å². The van der Waals surface area contributed by atoms with Crippen LogP contribution in [-0.2, 0) is 0 Å². The molecule has 118 valence electrons. The van der Waals surface area contributed by atoms with E-state index in [9.17, 15) is 5.26 Å². The molecular formula is C17H17ClN4S. The first kappa shape index (κ1) is 16.2. The van der Waals surface area contributed by atoms with Crippen LogP contribution in [0.3, 0.4) is 0 Å². The predicted molar refractivity (Wildman–Crippen MR) is 94.8 cm³/mol. The Hall–Kier alpha value is -1.71. The lowest BCUT2D eigenvalue weighted by atomic mass is 9.94. The van der Waals surface area contributed by atoms with Crippen LogP contribution in [0.15, 0.2) is 35.7 Å². The van der Waals surface area contributed by atoms with Crippen molar-refractivity contribution in [1.82, 2.24) is 15.8 Å². The average molecular weight is 345 g/mol. The summed E-state index contributed by atoms with van der Waals surface area (Å²) < 4.78 is 0. The first-order valence-corrected chi connectivity index (χ1v) is 8.69. The average Bonchev–Trinajstić information content (AvgIpc) is 3.14. The first-order valence-electron chi connectivity index (χ1n) is 7.43. The second-order valence-electron chi connectivity index (χ2n) is 5.68. The van der Waals surface area contributed by atoms with E-state index in [1.807, 2.05) is 35.7 Å². The van der Waals surface area contributed by atoms with Crippen molar-refractivity contribution in [2.75, 3.05) is 0 Å². The van der Waals surface area contributed by atoms with Gasteiger partial charge in [-0.15, -0.1) is 11.3 Å². The Morgan fingerprint density at radius 2 is 1.91 bits per heavy atom. The molecule has 0 spiro atoms. The summed E-state index contributed by atoms with van der Waals surface area (Å²) in [6.45, 7) is 4.21. The molecule has 1 aromatic carbocycles. The van der Waals surface area contributed by atoms with E-state index in [1.54, 1.807) is 0 Å². The lowest BCUT2D eigenvalue weighted by Gasteiger charge is -2.13. The largest absolute Gasteiger partial charge is 0.254 e. The molecule has 1 saturated heterocycles. The topological polar surface area (TPSA) is 60.7 Å². The number of benzene rings is 1. The fourth-order valence-corrected chi connectivity index (χ4v) is 3.61. The molecule has 2 heterocycles. The number of hydrazine groups is 1. The van der Waals surface area contributed by atoms with E-state index < -0.39 is 0 Å². The molecule has 0 bridgehead atoms. The highest BCUT2D eigenvalue weighted by Crippen LogP contribution is 2.29. The smallest absolute Gasteiger partial charge is 0.134 e. The van der Waals surface area contributed by atoms with Gasteiger partial charge in [-0.2, -0.15) is 5.26 Å². The fraction of sp³-hybridized carbons (Fsp3) is 0.294. The zero-order valence-electron chi connectivity index (χ0n) is 12.9. The van der Waals surface area contributed by atoms with E-state index in [4.69, 9.17) is 11.6 Å². The molecule has 1 aliphatic heterocycles. The lowest BCUT2D eigenvalue weighted by molar-refractivity contribution is 0.541.